The van der Waals surface area contributed by atoms with Gasteiger partial charge in [0, 0.05) is 167 Å². The summed E-state index contributed by atoms with van der Waals surface area (Å²) in [5.41, 5.74) is 12.3. The molecule has 6 aliphatic rings. The maximum absolute atomic E-state index is 11.5. The molecule has 0 atom stereocenters. The molecule has 17 nitrogen and oxygen atoms in total. The molecule has 110 heavy (non-hydrogen) atoms. The Kier molecular flexibility index (Phi) is 54.7. The van der Waals surface area contributed by atoms with Crippen molar-refractivity contribution in [2.45, 2.75) is 282 Å². The number of carbonyl (C=O) groups excluding carboxylic acids is 2. The van der Waals surface area contributed by atoms with E-state index in [4.69, 9.17) is 39.4 Å². The number of carboxylic acids is 1. The first kappa shape index (κ1) is 102. The Morgan fingerprint density at radius 2 is 0.864 bits per heavy atom. The van der Waals surface area contributed by atoms with E-state index in [2.05, 4.69) is 59.8 Å². The van der Waals surface area contributed by atoms with E-state index >= 15 is 0 Å². The average Bonchev–Trinajstić information content (AvgIpc) is 1.15. The molecular formula is C84H119BIK2N6O11P2PdS2-. The third-order valence-electron chi connectivity index (χ3n) is 20.5. The van der Waals surface area contributed by atoms with Crippen LogP contribution in [0.1, 0.15) is 264 Å². The van der Waals surface area contributed by atoms with E-state index in [0.717, 1.165) is 44.0 Å². The van der Waals surface area contributed by atoms with Crippen molar-refractivity contribution in [2.75, 3.05) is 6.61 Å². The molecule has 0 unspecified atom stereocenters. The Morgan fingerprint density at radius 1 is 0.518 bits per heavy atom. The topological polar surface area (TPSA) is 230 Å². The Hall–Kier alpha value is -1.96. The summed E-state index contributed by atoms with van der Waals surface area (Å²) in [5.74, 6) is 0.0692. The number of ether oxygens (including phenoxy) is 3. The molecule has 0 amide bonds. The van der Waals surface area contributed by atoms with Gasteiger partial charge in [-0.15, -0.1) is 22.7 Å². The molecule has 6 fully saturated rings. The van der Waals surface area contributed by atoms with E-state index in [0.29, 0.717) is 57.5 Å². The summed E-state index contributed by atoms with van der Waals surface area (Å²) in [4.78, 5) is 41.8. The number of thiazole rings is 2. The summed E-state index contributed by atoms with van der Waals surface area (Å²) in [6.45, 7) is 4.81. The number of carbonyl (C=O) groups is 2. The van der Waals surface area contributed by atoms with Gasteiger partial charge in [0.1, 0.15) is 34.7 Å². The number of carboxylic acid groups (broad SMARTS) is 1. The van der Waals surface area contributed by atoms with Crippen molar-refractivity contribution in [1.82, 2.24) is 29.5 Å². The van der Waals surface area contributed by atoms with E-state index in [-0.39, 0.29) is 164 Å². The van der Waals surface area contributed by atoms with E-state index in [9.17, 15) is 9.59 Å². The number of benzene rings is 4. The first-order valence-corrected chi connectivity index (χ1v) is 44.0. The summed E-state index contributed by atoms with van der Waals surface area (Å²) in [6, 6.07) is 35.5. The summed E-state index contributed by atoms with van der Waals surface area (Å²) < 4.78 is 20.9. The molecule has 14 rings (SSSR count). The van der Waals surface area contributed by atoms with Gasteiger partial charge >= 0.3 is 19.1 Å². The number of aromatic nitrogens is 6. The van der Waals surface area contributed by atoms with Gasteiger partial charge in [-0.2, -0.15) is 10.2 Å². The van der Waals surface area contributed by atoms with Crippen LogP contribution in [0.25, 0.3) is 11.1 Å². The fraction of sp³-hybridized carbons (Fsp3) is 0.536. The van der Waals surface area contributed by atoms with Gasteiger partial charge in [-0.1, -0.05) is 226 Å². The van der Waals surface area contributed by atoms with Gasteiger partial charge in [0.05, 0.1) is 25.9 Å². The molecule has 4 heterocycles. The van der Waals surface area contributed by atoms with Crippen molar-refractivity contribution in [3.8, 4) is 22.6 Å². The molecule has 6 aliphatic carbocycles. The maximum Gasteiger partial charge on any atom is 0.491 e. The fourth-order valence-corrected chi connectivity index (χ4v) is 26.6. The average molecular weight is 1840 g/mol. The Morgan fingerprint density at radius 3 is 1.20 bits per heavy atom. The van der Waals surface area contributed by atoms with Crippen molar-refractivity contribution >= 4 is 195 Å². The van der Waals surface area contributed by atoms with Crippen LogP contribution < -0.4 is 14.9 Å². The van der Waals surface area contributed by atoms with Crippen molar-refractivity contribution in [3.63, 3.8) is 0 Å². The monoisotopic (exact) mass is 1840 g/mol. The quantitative estimate of drug-likeness (QED) is 0.00940. The molecular weight excluding hydrogens is 1720 g/mol. The molecule has 0 saturated heterocycles. The summed E-state index contributed by atoms with van der Waals surface area (Å²) in [5, 5.41) is 46.7. The fourth-order valence-electron chi connectivity index (χ4n) is 15.5. The van der Waals surface area contributed by atoms with Gasteiger partial charge < -0.3 is 39.0 Å². The second kappa shape index (κ2) is 58.8. The maximum atomic E-state index is 11.5. The van der Waals surface area contributed by atoms with Crippen molar-refractivity contribution in [3.05, 3.63) is 181 Å². The number of halogens is 1. The standard InChI is InChI=1S/C21H17N3O3S.2C18H33P.C13H12INO3S.C10H11BN2O2.CHO3.3CH4.2K.Pd/c25-21(26)19-14-28-20(23-19)13-27-18-8-6-16(7-9-18)17-10-22-24(12-17)11-15-4-2-1-3-5-15;2*1-4-10-16(11-5-1)19(17-12-6-2-7-13-17)18-14-8-3-9-15-18;1-2-17-13(16)11-8-19-12(15-11)7-18-10-5-3-9(14)4-6-10;14-11(15)10-6-12-13(8-10)7-9-4-2-1-3-5-9;2-1-4-3;;;;;;/h1-10,12,14H,11,13H2,(H,25,26);2*16-18H,1-15H2;3-6,8H,2,7H2,1H3;1-6,8,14-15H,7H2;3H;3*1H4;;;/q;;;;;-1;;;;;;. The second-order valence-corrected chi connectivity index (χ2v) is 37.2. The van der Waals surface area contributed by atoms with Crippen LogP contribution in [0.4, 0.5) is 0 Å². The van der Waals surface area contributed by atoms with Crippen molar-refractivity contribution in [1.29, 1.82) is 0 Å². The van der Waals surface area contributed by atoms with E-state index < -0.39 is 13.1 Å². The zero-order chi connectivity index (χ0) is 72.9. The van der Waals surface area contributed by atoms with Crippen LogP contribution in [-0.2, 0) is 61.1 Å². The zero-order valence-corrected chi connectivity index (χ0v) is 76.3. The first-order valence-electron chi connectivity index (χ1n) is 38.1. The minimum atomic E-state index is -1.45. The van der Waals surface area contributed by atoms with Gasteiger partial charge in [0.25, 0.3) is 0 Å². The molecule has 6 saturated carbocycles. The third-order valence-corrected chi connectivity index (χ3v) is 31.0. The van der Waals surface area contributed by atoms with Crippen LogP contribution in [-0.4, -0.2) is 219 Å². The Labute approximate surface area is 780 Å². The number of nitrogens with zero attached hydrogens (tertiary/aromatic N) is 6. The molecule has 0 aliphatic heterocycles. The zero-order valence-electron chi connectivity index (χ0n) is 62.9. The van der Waals surface area contributed by atoms with Gasteiger partial charge in [-0.25, -0.2) is 24.8 Å². The van der Waals surface area contributed by atoms with E-state index in [1.54, 1.807) is 177 Å². The number of aromatic carboxylic acids is 1. The molecule has 0 spiro atoms. The van der Waals surface area contributed by atoms with Crippen LogP contribution in [0.5, 0.6) is 11.5 Å². The SMILES string of the molecule is C.C.C.C1CCC(P(C2CCCCC2)C2CCCCC2)CC1.C1CCC(P(C2CCCCC2)C2CCCCC2)CC1.CCOC(=O)c1csc(COc2ccc(I)cc2)n1.O=C(O)c1csc(COc2ccc(-c3cnn(Cc4ccccc4)c3)cc2)n1.O=[C-]OO.OB(O)c1cnn(Cc2ccccc2)c1.[K].[K].[Pd]. The molecule has 0 bridgehead atoms. The molecule has 4 aromatic carbocycles. The number of hydrogen-bond acceptors (Lipinski definition) is 16. The van der Waals surface area contributed by atoms with Crippen LogP contribution in [0.15, 0.2) is 145 Å². The predicted octanol–water partition coefficient (Wildman–Crippen LogP) is 21.1. The molecule has 26 heteroatoms. The molecule has 596 valence electrons. The van der Waals surface area contributed by atoms with Crippen molar-refractivity contribution in [2.24, 2.45) is 0 Å². The Bertz CT molecular complexity index is 3550. The van der Waals surface area contributed by atoms with Gasteiger partial charge in [-0.05, 0) is 200 Å². The number of rotatable bonds is 22. The molecule has 4 N–H and O–H groups in total. The molecule has 8 aromatic rings. The van der Waals surface area contributed by atoms with Crippen LogP contribution in [0.3, 0.4) is 0 Å². The molecule has 4 aromatic heterocycles. The van der Waals surface area contributed by atoms with Gasteiger partial charge in [-0.3, -0.25) is 9.36 Å². The smallest absolute Gasteiger partial charge is 0.491 e. The van der Waals surface area contributed by atoms with E-state index in [1.165, 1.54) is 112 Å². The van der Waals surface area contributed by atoms with Crippen molar-refractivity contribution < 1.29 is 74.3 Å². The minimum absolute atomic E-state index is 0. The summed E-state index contributed by atoms with van der Waals surface area (Å²) in [7, 11) is -0.680. The van der Waals surface area contributed by atoms with Crippen LogP contribution >= 0.6 is 61.1 Å². The van der Waals surface area contributed by atoms with Gasteiger partial charge in [0.15, 0.2) is 11.4 Å². The van der Waals surface area contributed by atoms with E-state index in [1.807, 2.05) is 114 Å². The summed E-state index contributed by atoms with van der Waals surface area (Å²) >= 11 is 4.90. The van der Waals surface area contributed by atoms with Gasteiger partial charge in [0.2, 0.25) is 0 Å². The largest absolute Gasteiger partial charge is 0.509 e. The van der Waals surface area contributed by atoms with Crippen LogP contribution in [0, 0.1) is 3.57 Å². The molecule has 2 radical (unpaired) electrons. The number of esters is 1. The normalized spacial score (nSPS) is 16.1. The second-order valence-electron chi connectivity index (χ2n) is 27.9. The first-order chi connectivity index (χ1) is 50.9. The predicted molar refractivity (Wildman–Crippen MR) is 462 cm³/mol. The third kappa shape index (κ3) is 36.1. The number of hydrogen-bond donors (Lipinski definition) is 4. The van der Waals surface area contributed by atoms with Crippen LogP contribution in [0.2, 0.25) is 0 Å². The summed E-state index contributed by atoms with van der Waals surface area (Å²) in [6.07, 6.45) is 54.2. The Balaban J connectivity index is 0.000000352. The minimum Gasteiger partial charge on any atom is -0.509 e.